The minimum Gasteiger partial charge on any atom is -0.454 e. The van der Waals surface area contributed by atoms with Crippen molar-refractivity contribution in [1.82, 2.24) is 5.32 Å². The fourth-order valence-corrected chi connectivity index (χ4v) is 2.94. The van der Waals surface area contributed by atoms with Gasteiger partial charge < -0.3 is 39.6 Å². The zero-order valence-corrected chi connectivity index (χ0v) is 14.8. The Morgan fingerprint density at radius 3 is 2.78 bits per heavy atom. The topological polar surface area (TPSA) is 127 Å². The summed E-state index contributed by atoms with van der Waals surface area (Å²) in [5.41, 5.74) is 0.792. The van der Waals surface area contributed by atoms with E-state index in [1.807, 2.05) is 0 Å². The van der Waals surface area contributed by atoms with E-state index in [-0.39, 0.29) is 25.7 Å². The Balaban J connectivity index is 1.46. The summed E-state index contributed by atoms with van der Waals surface area (Å²) in [6.07, 6.45) is -2.52. The van der Waals surface area contributed by atoms with E-state index in [1.165, 1.54) is 13.2 Å². The number of rotatable bonds is 6. The summed E-state index contributed by atoms with van der Waals surface area (Å²) in [5.74, 6) is 0.987. The molecule has 0 saturated carbocycles. The number of aliphatic hydroxyl groups excluding tert-OH is 3. The van der Waals surface area contributed by atoms with E-state index in [0.717, 1.165) is 5.56 Å². The molecular weight excluding hydrogens is 358 g/mol. The number of methoxy groups -OCH3 is 1. The fourth-order valence-electron chi connectivity index (χ4n) is 2.94. The lowest BCUT2D eigenvalue weighted by atomic mass is 9.97. The van der Waals surface area contributed by atoms with E-state index in [1.54, 1.807) is 24.3 Å². The summed E-state index contributed by atoms with van der Waals surface area (Å²) in [4.78, 5) is 11.9. The first-order chi connectivity index (χ1) is 13.0. The van der Waals surface area contributed by atoms with E-state index in [2.05, 4.69) is 5.32 Å². The van der Waals surface area contributed by atoms with Crippen LogP contribution < -0.4 is 14.8 Å². The van der Waals surface area contributed by atoms with Crippen LogP contribution in [-0.4, -0.2) is 72.4 Å². The van der Waals surface area contributed by atoms with Gasteiger partial charge in [0.25, 0.3) is 0 Å². The van der Waals surface area contributed by atoms with Crippen LogP contribution in [0.25, 0.3) is 6.08 Å². The summed E-state index contributed by atoms with van der Waals surface area (Å²) in [5, 5.41) is 32.2. The van der Waals surface area contributed by atoms with Crippen LogP contribution in [0.1, 0.15) is 12.0 Å². The molecule has 9 nitrogen and oxygen atoms in total. The highest BCUT2D eigenvalue weighted by molar-refractivity contribution is 5.91. The van der Waals surface area contributed by atoms with Gasteiger partial charge in [0, 0.05) is 19.7 Å². The second-order valence-electron chi connectivity index (χ2n) is 6.28. The van der Waals surface area contributed by atoms with Crippen molar-refractivity contribution in [2.24, 2.45) is 0 Å². The molecule has 5 atom stereocenters. The van der Waals surface area contributed by atoms with Crippen molar-refractivity contribution in [3.63, 3.8) is 0 Å². The molecule has 9 heteroatoms. The average Bonchev–Trinajstić information content (AvgIpc) is 3.14. The second kappa shape index (κ2) is 8.68. The minimum absolute atomic E-state index is 0.188. The van der Waals surface area contributed by atoms with Crippen LogP contribution in [0.5, 0.6) is 11.5 Å². The van der Waals surface area contributed by atoms with E-state index in [9.17, 15) is 20.1 Å². The lowest BCUT2D eigenvalue weighted by Crippen LogP contribution is -2.58. The largest absolute Gasteiger partial charge is 0.454 e. The third kappa shape index (κ3) is 4.57. The molecule has 2 heterocycles. The molecule has 2 aliphatic rings. The molecule has 2 aliphatic heterocycles. The number of fused-ring (bicyclic) bond motifs is 1. The smallest absolute Gasteiger partial charge is 0.244 e. The molecule has 0 aromatic heterocycles. The quantitative estimate of drug-likeness (QED) is 0.481. The first-order valence-corrected chi connectivity index (χ1v) is 8.57. The molecule has 0 bridgehead atoms. The fraction of sp³-hybridized carbons (Fsp3) is 0.500. The van der Waals surface area contributed by atoms with Crippen molar-refractivity contribution in [2.45, 2.75) is 37.1 Å². The predicted octanol–water partition coefficient (Wildman–Crippen LogP) is -0.611. The number of carbonyl (C=O) groups is 1. The number of ether oxygens (including phenoxy) is 4. The van der Waals surface area contributed by atoms with E-state index < -0.39 is 30.7 Å². The Labute approximate surface area is 156 Å². The number of benzene rings is 1. The second-order valence-corrected chi connectivity index (χ2v) is 6.28. The van der Waals surface area contributed by atoms with Gasteiger partial charge in [0.1, 0.15) is 18.3 Å². The molecule has 0 spiro atoms. The molecule has 1 aromatic carbocycles. The molecule has 1 amide bonds. The van der Waals surface area contributed by atoms with Crippen LogP contribution in [0.3, 0.4) is 0 Å². The standard InChI is InChI=1S/C18H23NO8/c1-24-18-17(23)16(22)15(21)12(27-18)6-7-19-14(20)5-3-10-2-4-11-13(8-10)26-9-25-11/h2-5,8,12,15-18,21-23H,6-7,9H2,1H3,(H,19,20)/b5-3+/t12-,15-,16?,17+,18?/m1/s1. The van der Waals surface area contributed by atoms with E-state index >= 15 is 0 Å². The molecule has 3 rings (SSSR count). The SMILES string of the molecule is COC1O[C@H](CCNC(=O)/C=C/c2ccc3c(c2)OCO3)[C@@H](O)C(O)[C@@H]1O. The van der Waals surface area contributed by atoms with Gasteiger partial charge in [0.2, 0.25) is 12.7 Å². The summed E-state index contributed by atoms with van der Waals surface area (Å²) in [7, 11) is 1.33. The van der Waals surface area contributed by atoms with E-state index in [0.29, 0.717) is 11.5 Å². The van der Waals surface area contributed by atoms with Gasteiger partial charge in [-0.25, -0.2) is 0 Å². The lowest BCUT2D eigenvalue weighted by molar-refractivity contribution is -0.290. The maximum Gasteiger partial charge on any atom is 0.244 e. The van der Waals surface area contributed by atoms with Crippen LogP contribution in [0.15, 0.2) is 24.3 Å². The molecule has 27 heavy (non-hydrogen) atoms. The number of amides is 1. The van der Waals surface area contributed by atoms with Crippen LogP contribution in [-0.2, 0) is 14.3 Å². The summed E-state index contributed by atoms with van der Waals surface area (Å²) in [6, 6.07) is 5.35. The van der Waals surface area contributed by atoms with Crippen molar-refractivity contribution in [1.29, 1.82) is 0 Å². The lowest BCUT2D eigenvalue weighted by Gasteiger charge is -2.39. The first kappa shape index (κ1) is 19.6. The zero-order valence-electron chi connectivity index (χ0n) is 14.8. The number of aliphatic hydroxyl groups is 3. The molecule has 0 radical (unpaired) electrons. The normalized spacial score (nSPS) is 29.9. The zero-order chi connectivity index (χ0) is 19.4. The predicted molar refractivity (Wildman–Crippen MR) is 92.9 cm³/mol. The Kier molecular flexibility index (Phi) is 6.30. The maximum absolute atomic E-state index is 11.9. The summed E-state index contributed by atoms with van der Waals surface area (Å²) in [6.45, 7) is 0.402. The van der Waals surface area contributed by atoms with Crippen LogP contribution in [0, 0.1) is 0 Å². The van der Waals surface area contributed by atoms with E-state index in [4.69, 9.17) is 18.9 Å². The molecule has 4 N–H and O–H groups in total. The summed E-state index contributed by atoms with van der Waals surface area (Å²) < 4.78 is 20.9. The van der Waals surface area contributed by atoms with Crippen molar-refractivity contribution >= 4 is 12.0 Å². The number of nitrogens with one attached hydrogen (secondary N) is 1. The third-order valence-corrected chi connectivity index (χ3v) is 4.45. The van der Waals surface area contributed by atoms with Gasteiger partial charge in [0.05, 0.1) is 6.10 Å². The maximum atomic E-state index is 11.9. The third-order valence-electron chi connectivity index (χ3n) is 4.45. The minimum atomic E-state index is -1.38. The van der Waals surface area contributed by atoms with Gasteiger partial charge in [-0.1, -0.05) is 6.07 Å². The molecule has 1 fully saturated rings. The van der Waals surface area contributed by atoms with Crippen molar-refractivity contribution in [3.05, 3.63) is 29.8 Å². The van der Waals surface area contributed by atoms with Crippen LogP contribution >= 0.6 is 0 Å². The number of carbonyl (C=O) groups excluding carboxylic acids is 1. The van der Waals surface area contributed by atoms with Gasteiger partial charge in [-0.2, -0.15) is 0 Å². The van der Waals surface area contributed by atoms with Gasteiger partial charge >= 0.3 is 0 Å². The van der Waals surface area contributed by atoms with Gasteiger partial charge in [-0.3, -0.25) is 4.79 Å². The van der Waals surface area contributed by atoms with Crippen molar-refractivity contribution < 1.29 is 39.1 Å². The summed E-state index contributed by atoms with van der Waals surface area (Å²) >= 11 is 0. The molecular formula is C18H23NO8. The monoisotopic (exact) mass is 381 g/mol. The molecule has 2 unspecified atom stereocenters. The highest BCUT2D eigenvalue weighted by atomic mass is 16.7. The van der Waals surface area contributed by atoms with Gasteiger partial charge in [-0.05, 0) is 30.2 Å². The molecule has 0 aliphatic carbocycles. The van der Waals surface area contributed by atoms with Crippen LogP contribution in [0.4, 0.5) is 0 Å². The van der Waals surface area contributed by atoms with Gasteiger partial charge in [-0.15, -0.1) is 0 Å². The average molecular weight is 381 g/mol. The van der Waals surface area contributed by atoms with Gasteiger partial charge in [0.15, 0.2) is 17.8 Å². The first-order valence-electron chi connectivity index (χ1n) is 8.57. The highest BCUT2D eigenvalue weighted by Crippen LogP contribution is 2.32. The Morgan fingerprint density at radius 1 is 1.22 bits per heavy atom. The van der Waals surface area contributed by atoms with Crippen molar-refractivity contribution in [3.8, 4) is 11.5 Å². The Morgan fingerprint density at radius 2 is 2.00 bits per heavy atom. The molecule has 1 aromatic rings. The number of hydrogen-bond donors (Lipinski definition) is 4. The van der Waals surface area contributed by atoms with Crippen molar-refractivity contribution in [2.75, 3.05) is 20.4 Å². The van der Waals surface area contributed by atoms with Crippen LogP contribution in [0.2, 0.25) is 0 Å². The molecule has 1 saturated heterocycles. The Bertz CT molecular complexity index is 692. The highest BCUT2D eigenvalue weighted by Gasteiger charge is 2.43. The Hall–Kier alpha value is -2.17. The number of hydrogen-bond acceptors (Lipinski definition) is 8. The molecule has 148 valence electrons.